The molecule has 3 aromatic rings. The number of thiazole rings is 1. The van der Waals surface area contributed by atoms with Crippen LogP contribution in [0.1, 0.15) is 49.1 Å². The van der Waals surface area contributed by atoms with Crippen molar-refractivity contribution in [3.05, 3.63) is 80.3 Å². The summed E-state index contributed by atoms with van der Waals surface area (Å²) in [5.41, 5.74) is 3.22. The summed E-state index contributed by atoms with van der Waals surface area (Å²) >= 11 is 3.05. The zero-order valence-electron chi connectivity index (χ0n) is 20.4. The lowest BCUT2D eigenvalue weighted by Crippen LogP contribution is -2.42. The molecule has 0 spiro atoms. The molecule has 7 heteroatoms. The van der Waals surface area contributed by atoms with Gasteiger partial charge in [-0.2, -0.15) is 0 Å². The third-order valence-corrected chi connectivity index (χ3v) is 11.5. The summed E-state index contributed by atoms with van der Waals surface area (Å²) in [7, 11) is 0. The van der Waals surface area contributed by atoms with Gasteiger partial charge in [0, 0.05) is 16.0 Å². The van der Waals surface area contributed by atoms with Crippen LogP contribution in [0, 0.1) is 29.6 Å². The van der Waals surface area contributed by atoms with Crippen LogP contribution in [-0.4, -0.2) is 22.0 Å². The van der Waals surface area contributed by atoms with Crippen LogP contribution in [0.5, 0.6) is 0 Å². The highest BCUT2D eigenvalue weighted by molar-refractivity contribution is 8.00. The first-order valence-electron chi connectivity index (χ1n) is 12.7. The fourth-order valence-corrected chi connectivity index (χ4v) is 10.3. The van der Waals surface area contributed by atoms with Gasteiger partial charge in [0.15, 0.2) is 0 Å². The predicted molar refractivity (Wildman–Crippen MR) is 143 cm³/mol. The molecule has 1 N–H and O–H groups in total. The number of nitrogens with one attached hydrogen (secondary N) is 1. The smallest absolute Gasteiger partial charge is 0.305 e. The molecule has 3 heterocycles. The van der Waals surface area contributed by atoms with Crippen LogP contribution in [-0.2, 0) is 15.0 Å². The zero-order valence-corrected chi connectivity index (χ0v) is 22.1. The van der Waals surface area contributed by atoms with Crippen molar-refractivity contribution >= 4 is 40.6 Å². The van der Waals surface area contributed by atoms with Gasteiger partial charge in [-0.3, -0.25) is 19.3 Å². The number of carbonyl (C=O) groups excluding carboxylic acids is 2. The maximum Gasteiger partial charge on any atom is 0.305 e. The molecule has 7 atom stereocenters. The average Bonchev–Trinajstić information content (AvgIpc) is 3.58. The van der Waals surface area contributed by atoms with Gasteiger partial charge in [0.1, 0.15) is 0 Å². The average molecular weight is 517 g/mol. The fourth-order valence-electron chi connectivity index (χ4n) is 7.41. The summed E-state index contributed by atoms with van der Waals surface area (Å²) in [4.78, 5) is 45.4. The molecule has 3 fully saturated rings. The van der Waals surface area contributed by atoms with E-state index in [0.717, 1.165) is 16.3 Å². The Morgan fingerprint density at radius 2 is 1.56 bits per heavy atom. The number of carbonyl (C=O) groups is 2. The lowest BCUT2D eigenvalue weighted by atomic mass is 9.68. The lowest BCUT2D eigenvalue weighted by molar-refractivity contribution is -0.123. The highest BCUT2D eigenvalue weighted by Crippen LogP contribution is 2.68. The van der Waals surface area contributed by atoms with E-state index in [-0.39, 0.29) is 62.9 Å². The van der Waals surface area contributed by atoms with Crippen LogP contribution in [0.4, 0.5) is 5.69 Å². The molecule has 5 nitrogen and oxygen atoms in total. The Kier molecular flexibility index (Phi) is 4.81. The molecule has 2 aliphatic carbocycles. The summed E-state index contributed by atoms with van der Waals surface area (Å²) in [6, 6.07) is 18.2. The number of nitrogens with zero attached hydrogens (tertiary/aromatic N) is 1. The molecular formula is C29H28N2O3S2. The number of fused-ring (bicyclic) bond motifs is 9. The maximum atomic E-state index is 13.8. The molecule has 1 aromatic heterocycles. The van der Waals surface area contributed by atoms with Gasteiger partial charge < -0.3 is 4.98 Å². The topological polar surface area (TPSA) is 70.2 Å². The van der Waals surface area contributed by atoms with Crippen molar-refractivity contribution in [1.29, 1.82) is 0 Å². The van der Waals surface area contributed by atoms with Gasteiger partial charge >= 0.3 is 4.87 Å². The molecule has 36 heavy (non-hydrogen) atoms. The minimum atomic E-state index is -0.266. The number of rotatable bonds is 2. The number of hydrogen-bond donors (Lipinski definition) is 1. The molecule has 0 unspecified atom stereocenters. The number of thioether (sulfide) groups is 1. The van der Waals surface area contributed by atoms with Crippen molar-refractivity contribution in [2.75, 3.05) is 4.90 Å². The van der Waals surface area contributed by atoms with E-state index >= 15 is 0 Å². The van der Waals surface area contributed by atoms with Crippen LogP contribution in [0.15, 0.2) is 64.4 Å². The second-order valence-electron chi connectivity index (χ2n) is 11.7. The first kappa shape index (κ1) is 22.5. The van der Waals surface area contributed by atoms with Crippen molar-refractivity contribution in [1.82, 2.24) is 4.98 Å². The fraction of sp³-hybridized carbons (Fsp3) is 0.414. The third kappa shape index (κ3) is 3.05. The number of aromatic amines is 1. The molecule has 4 aliphatic rings. The van der Waals surface area contributed by atoms with E-state index < -0.39 is 0 Å². The Morgan fingerprint density at radius 1 is 0.889 bits per heavy atom. The molecule has 2 saturated carbocycles. The van der Waals surface area contributed by atoms with Gasteiger partial charge in [-0.1, -0.05) is 74.6 Å². The first-order valence-corrected chi connectivity index (χ1v) is 14.4. The number of H-pyrrole nitrogens is 1. The van der Waals surface area contributed by atoms with Gasteiger partial charge in [-0.05, 0) is 52.8 Å². The van der Waals surface area contributed by atoms with Gasteiger partial charge in [-0.25, -0.2) is 0 Å². The zero-order chi connectivity index (χ0) is 24.9. The number of hydrogen-bond acceptors (Lipinski definition) is 5. The number of aromatic nitrogens is 1. The SMILES string of the molecule is CC(C)(C)c1ccc([C@@H]2c3sc(=O)[nH]c3S[C@@H]3[C@H]4C[C@@H]([C@@H]5C(=O)N(c6ccccc6)C(=O)[C@@H]45)[C@H]23)cc1. The Hall–Kier alpha value is -2.64. The molecule has 184 valence electrons. The number of benzene rings is 2. The number of amides is 2. The van der Waals surface area contributed by atoms with Gasteiger partial charge in [0.2, 0.25) is 11.8 Å². The van der Waals surface area contributed by atoms with Crippen LogP contribution >= 0.6 is 23.1 Å². The Balaban J connectivity index is 1.31. The second kappa shape index (κ2) is 7.68. The quantitative estimate of drug-likeness (QED) is 0.462. The van der Waals surface area contributed by atoms with Crippen LogP contribution in [0.25, 0.3) is 0 Å². The van der Waals surface area contributed by atoms with Gasteiger partial charge in [0.05, 0.1) is 22.5 Å². The molecule has 2 amide bonds. The standard InChI is InChI=1S/C29H28N2O3S2/c1-29(2,3)15-11-9-14(10-12-15)19-20-17-13-18(23(20)35-25-24(19)36-28(34)30-25)22-21(17)26(32)31(27(22)33)16-7-5-4-6-8-16/h4-12,17-23H,13H2,1-3H3,(H,30,34)/t17-,18+,19+,20-,21+,22+,23-/m1/s1. The number of para-hydroxylation sites is 1. The molecule has 7 rings (SSSR count). The number of anilines is 1. The van der Waals surface area contributed by atoms with E-state index in [0.29, 0.717) is 5.69 Å². The van der Waals surface area contributed by atoms with Crippen molar-refractivity contribution in [2.45, 2.75) is 48.8 Å². The highest BCUT2D eigenvalue weighted by atomic mass is 32.2. The van der Waals surface area contributed by atoms with E-state index in [2.05, 4.69) is 50.0 Å². The maximum absolute atomic E-state index is 13.8. The number of imide groups is 1. The van der Waals surface area contributed by atoms with Crippen molar-refractivity contribution in [3.8, 4) is 0 Å². The summed E-state index contributed by atoms with van der Waals surface area (Å²) < 4.78 is 0. The Labute approximate surface area is 218 Å². The monoisotopic (exact) mass is 516 g/mol. The predicted octanol–water partition coefficient (Wildman–Crippen LogP) is 5.41. The Morgan fingerprint density at radius 3 is 2.22 bits per heavy atom. The summed E-state index contributed by atoms with van der Waals surface area (Å²) in [5.74, 6) is -0.0266. The van der Waals surface area contributed by atoms with Crippen LogP contribution in [0.3, 0.4) is 0 Å². The van der Waals surface area contributed by atoms with Crippen molar-refractivity contribution < 1.29 is 9.59 Å². The van der Waals surface area contributed by atoms with Crippen LogP contribution < -0.4 is 9.77 Å². The lowest BCUT2D eigenvalue weighted by Gasteiger charge is -2.43. The third-order valence-electron chi connectivity index (χ3n) is 8.87. The summed E-state index contributed by atoms with van der Waals surface area (Å²) in [6.07, 6.45) is 0.910. The summed E-state index contributed by atoms with van der Waals surface area (Å²) in [6.45, 7) is 6.63. The van der Waals surface area contributed by atoms with E-state index in [4.69, 9.17) is 0 Å². The largest absolute Gasteiger partial charge is 0.307 e. The summed E-state index contributed by atoms with van der Waals surface area (Å²) in [5, 5.41) is 1.17. The van der Waals surface area contributed by atoms with E-state index in [1.165, 1.54) is 27.4 Å². The molecule has 0 radical (unpaired) electrons. The molecular weight excluding hydrogens is 488 g/mol. The first-order chi connectivity index (χ1) is 17.2. The minimum Gasteiger partial charge on any atom is -0.307 e. The van der Waals surface area contributed by atoms with E-state index in [1.54, 1.807) is 11.8 Å². The molecule has 1 saturated heterocycles. The highest BCUT2D eigenvalue weighted by Gasteiger charge is 2.69. The Bertz CT molecular complexity index is 1440. The van der Waals surface area contributed by atoms with Gasteiger partial charge in [-0.15, -0.1) is 11.8 Å². The molecule has 2 aliphatic heterocycles. The normalized spacial score (nSPS) is 32.5. The van der Waals surface area contributed by atoms with E-state index in [1.807, 2.05) is 30.3 Å². The molecule has 2 bridgehead atoms. The van der Waals surface area contributed by atoms with Crippen LogP contribution in [0.2, 0.25) is 0 Å². The van der Waals surface area contributed by atoms with E-state index in [9.17, 15) is 14.4 Å². The second-order valence-corrected chi connectivity index (χ2v) is 13.9. The van der Waals surface area contributed by atoms with Gasteiger partial charge in [0.25, 0.3) is 0 Å². The van der Waals surface area contributed by atoms with Crippen molar-refractivity contribution in [3.63, 3.8) is 0 Å². The minimum absolute atomic E-state index is 0.0290. The molecule has 2 aromatic carbocycles. The van der Waals surface area contributed by atoms with Crippen molar-refractivity contribution in [2.24, 2.45) is 29.6 Å².